The molecule has 0 bridgehead atoms. The number of pyridine rings is 1. The Bertz CT molecular complexity index is 956. The van der Waals surface area contributed by atoms with E-state index in [2.05, 4.69) is 4.98 Å². The van der Waals surface area contributed by atoms with Gasteiger partial charge in [0.15, 0.2) is 23.0 Å². The van der Waals surface area contributed by atoms with E-state index in [0.717, 1.165) is 27.8 Å². The minimum absolute atomic E-state index is 0.236. The summed E-state index contributed by atoms with van der Waals surface area (Å²) in [5.74, 6) is 2.77. The van der Waals surface area contributed by atoms with Gasteiger partial charge in [-0.3, -0.25) is 4.98 Å². The number of methoxy groups -OCH3 is 3. The number of ether oxygens (including phenoxy) is 5. The van der Waals surface area contributed by atoms with E-state index in [1.54, 1.807) is 27.5 Å². The van der Waals surface area contributed by atoms with Gasteiger partial charge in [-0.25, -0.2) is 0 Å². The summed E-state index contributed by atoms with van der Waals surface area (Å²) in [6.07, 6.45) is 1.41. The van der Waals surface area contributed by atoms with Crippen molar-refractivity contribution in [3.63, 3.8) is 0 Å². The zero-order chi connectivity index (χ0) is 18.1. The SMILES string of the molecule is COc1cc2ccnc(C(OC)c3ccc4c(c3)OCO4)c2cc1OC. The molecule has 0 saturated heterocycles. The zero-order valence-electron chi connectivity index (χ0n) is 14.8. The average Bonchev–Trinajstić information content (AvgIpc) is 3.15. The van der Waals surface area contributed by atoms with Crippen LogP contribution in [0.4, 0.5) is 0 Å². The Labute approximate surface area is 151 Å². The molecule has 0 radical (unpaired) electrons. The maximum absolute atomic E-state index is 5.79. The largest absolute Gasteiger partial charge is 0.493 e. The molecule has 1 aliphatic heterocycles. The first kappa shape index (κ1) is 16.5. The highest BCUT2D eigenvalue weighted by molar-refractivity contribution is 5.88. The van der Waals surface area contributed by atoms with Crippen LogP contribution in [0, 0.1) is 0 Å². The van der Waals surface area contributed by atoms with Crippen molar-refractivity contribution in [1.82, 2.24) is 4.98 Å². The van der Waals surface area contributed by atoms with E-state index < -0.39 is 0 Å². The number of aromatic nitrogens is 1. The van der Waals surface area contributed by atoms with Crippen LogP contribution in [0.25, 0.3) is 10.8 Å². The summed E-state index contributed by atoms with van der Waals surface area (Å²) in [5, 5.41) is 1.94. The van der Waals surface area contributed by atoms with Crippen molar-refractivity contribution in [2.75, 3.05) is 28.1 Å². The van der Waals surface area contributed by atoms with Crippen molar-refractivity contribution in [3.8, 4) is 23.0 Å². The molecule has 1 aliphatic rings. The molecule has 0 N–H and O–H groups in total. The van der Waals surface area contributed by atoms with E-state index in [4.69, 9.17) is 23.7 Å². The monoisotopic (exact) mass is 353 g/mol. The highest BCUT2D eigenvalue weighted by atomic mass is 16.7. The molecule has 134 valence electrons. The molecule has 6 nitrogen and oxygen atoms in total. The molecular weight excluding hydrogens is 334 g/mol. The van der Waals surface area contributed by atoms with Crippen molar-refractivity contribution in [1.29, 1.82) is 0 Å². The van der Waals surface area contributed by atoms with Gasteiger partial charge >= 0.3 is 0 Å². The van der Waals surface area contributed by atoms with Crippen molar-refractivity contribution in [2.45, 2.75) is 6.10 Å². The molecule has 2 heterocycles. The summed E-state index contributed by atoms with van der Waals surface area (Å²) in [6, 6.07) is 11.6. The average molecular weight is 353 g/mol. The fourth-order valence-corrected chi connectivity index (χ4v) is 3.21. The van der Waals surface area contributed by atoms with E-state index in [9.17, 15) is 0 Å². The summed E-state index contributed by atoms with van der Waals surface area (Å²) in [6.45, 7) is 0.236. The molecule has 0 saturated carbocycles. The fourth-order valence-electron chi connectivity index (χ4n) is 3.21. The number of hydrogen-bond acceptors (Lipinski definition) is 6. The van der Waals surface area contributed by atoms with Gasteiger partial charge in [0.1, 0.15) is 6.10 Å². The van der Waals surface area contributed by atoms with Gasteiger partial charge in [-0.2, -0.15) is 0 Å². The van der Waals surface area contributed by atoms with Gasteiger partial charge in [0.2, 0.25) is 6.79 Å². The normalized spacial score (nSPS) is 13.7. The van der Waals surface area contributed by atoms with Gasteiger partial charge < -0.3 is 23.7 Å². The number of benzene rings is 2. The second-order valence-electron chi connectivity index (χ2n) is 5.85. The molecule has 4 rings (SSSR count). The van der Waals surface area contributed by atoms with Crippen LogP contribution in [0.15, 0.2) is 42.6 Å². The quantitative estimate of drug-likeness (QED) is 0.697. The molecule has 1 unspecified atom stereocenters. The maximum atomic E-state index is 5.79. The van der Waals surface area contributed by atoms with Crippen LogP contribution in [0.5, 0.6) is 23.0 Å². The lowest BCUT2D eigenvalue weighted by Crippen LogP contribution is -2.07. The Morgan fingerprint density at radius 1 is 0.923 bits per heavy atom. The summed E-state index contributed by atoms with van der Waals surface area (Å²) in [7, 11) is 4.90. The number of fused-ring (bicyclic) bond motifs is 2. The Morgan fingerprint density at radius 2 is 1.69 bits per heavy atom. The standard InChI is InChI=1S/C20H19NO5/c1-22-16-8-12-6-7-21-19(14(12)10-17(16)23-2)20(24-3)13-4-5-15-18(9-13)26-11-25-15/h4-10,20H,11H2,1-3H3. The van der Waals surface area contributed by atoms with Crippen LogP contribution < -0.4 is 18.9 Å². The van der Waals surface area contributed by atoms with Gasteiger partial charge in [-0.15, -0.1) is 0 Å². The third-order valence-corrected chi connectivity index (χ3v) is 4.48. The second-order valence-corrected chi connectivity index (χ2v) is 5.85. The predicted octanol–water partition coefficient (Wildman–Crippen LogP) is 3.72. The zero-order valence-corrected chi connectivity index (χ0v) is 14.8. The predicted molar refractivity (Wildman–Crippen MR) is 96.3 cm³/mol. The molecule has 3 aromatic rings. The van der Waals surface area contributed by atoms with E-state index in [-0.39, 0.29) is 12.9 Å². The smallest absolute Gasteiger partial charge is 0.231 e. The molecular formula is C20H19NO5. The Morgan fingerprint density at radius 3 is 2.46 bits per heavy atom. The molecule has 26 heavy (non-hydrogen) atoms. The van der Waals surface area contributed by atoms with E-state index in [0.29, 0.717) is 17.2 Å². The topological polar surface area (TPSA) is 59.0 Å². The van der Waals surface area contributed by atoms with Gasteiger partial charge in [-0.1, -0.05) is 6.07 Å². The number of hydrogen-bond donors (Lipinski definition) is 0. The van der Waals surface area contributed by atoms with E-state index >= 15 is 0 Å². The first-order valence-corrected chi connectivity index (χ1v) is 8.18. The molecule has 0 fully saturated rings. The van der Waals surface area contributed by atoms with Crippen molar-refractivity contribution in [3.05, 3.63) is 53.9 Å². The summed E-state index contributed by atoms with van der Waals surface area (Å²) >= 11 is 0. The van der Waals surface area contributed by atoms with E-state index in [1.807, 2.05) is 36.4 Å². The lowest BCUT2D eigenvalue weighted by molar-refractivity contribution is 0.134. The molecule has 6 heteroatoms. The molecule has 0 amide bonds. The van der Waals surface area contributed by atoms with Crippen LogP contribution >= 0.6 is 0 Å². The van der Waals surface area contributed by atoms with Gasteiger partial charge in [0, 0.05) is 18.7 Å². The molecule has 2 aromatic carbocycles. The van der Waals surface area contributed by atoms with Crippen LogP contribution in [0.3, 0.4) is 0 Å². The van der Waals surface area contributed by atoms with Gasteiger partial charge in [0.25, 0.3) is 0 Å². The third kappa shape index (κ3) is 2.68. The lowest BCUT2D eigenvalue weighted by Gasteiger charge is -2.18. The first-order valence-electron chi connectivity index (χ1n) is 8.18. The van der Waals surface area contributed by atoms with Gasteiger partial charge in [0.05, 0.1) is 19.9 Å². The van der Waals surface area contributed by atoms with Crippen molar-refractivity contribution < 1.29 is 23.7 Å². The minimum Gasteiger partial charge on any atom is -0.493 e. The summed E-state index contributed by atoms with van der Waals surface area (Å²) in [5.41, 5.74) is 1.73. The fraction of sp³-hybridized carbons (Fsp3) is 0.250. The molecule has 0 spiro atoms. The minimum atomic E-state index is -0.355. The first-order chi connectivity index (χ1) is 12.7. The highest BCUT2D eigenvalue weighted by Gasteiger charge is 2.22. The number of nitrogens with zero attached hydrogens (tertiary/aromatic N) is 1. The molecule has 1 atom stereocenters. The Balaban J connectivity index is 1.86. The van der Waals surface area contributed by atoms with Crippen LogP contribution in [0.2, 0.25) is 0 Å². The van der Waals surface area contributed by atoms with Crippen LogP contribution in [0.1, 0.15) is 17.4 Å². The third-order valence-electron chi connectivity index (χ3n) is 4.48. The lowest BCUT2D eigenvalue weighted by atomic mass is 10.00. The van der Waals surface area contributed by atoms with E-state index in [1.165, 1.54) is 0 Å². The number of rotatable bonds is 5. The summed E-state index contributed by atoms with van der Waals surface area (Å²) in [4.78, 5) is 4.59. The van der Waals surface area contributed by atoms with Crippen molar-refractivity contribution in [2.24, 2.45) is 0 Å². The Kier molecular flexibility index (Phi) is 4.26. The second kappa shape index (κ2) is 6.72. The maximum Gasteiger partial charge on any atom is 0.231 e. The van der Waals surface area contributed by atoms with Crippen LogP contribution in [-0.4, -0.2) is 33.1 Å². The van der Waals surface area contributed by atoms with Crippen molar-refractivity contribution >= 4 is 10.8 Å². The molecule has 0 aliphatic carbocycles. The van der Waals surface area contributed by atoms with Gasteiger partial charge in [-0.05, 0) is 41.3 Å². The molecule has 1 aromatic heterocycles. The Hall–Kier alpha value is -2.99. The van der Waals surface area contributed by atoms with Crippen LogP contribution in [-0.2, 0) is 4.74 Å². The summed E-state index contributed by atoms with van der Waals surface area (Å²) < 4.78 is 27.5. The highest BCUT2D eigenvalue weighted by Crippen LogP contribution is 2.39.